The van der Waals surface area contributed by atoms with Gasteiger partial charge >= 0.3 is 10.1 Å². The predicted molar refractivity (Wildman–Crippen MR) is 62.7 cm³/mol. The Morgan fingerprint density at radius 2 is 1.76 bits per heavy atom. The molecule has 1 N–H and O–H groups in total. The summed E-state index contributed by atoms with van der Waals surface area (Å²) in [7, 11) is -3.96. The molecule has 0 unspecified atom stereocenters. The molecule has 1 amide bonds. The number of aryl methyl sites for hydroxylation is 1. The molecule has 17 heavy (non-hydrogen) atoms. The van der Waals surface area contributed by atoms with E-state index < -0.39 is 16.0 Å². The van der Waals surface area contributed by atoms with Crippen LogP contribution in [0.5, 0.6) is 0 Å². The third-order valence-corrected chi connectivity index (χ3v) is 3.86. The van der Waals surface area contributed by atoms with Crippen LogP contribution in [0, 0.1) is 20.8 Å². The average Bonchev–Trinajstić information content (AvgIpc) is 2.23. The fourth-order valence-corrected chi connectivity index (χ4v) is 2.44. The van der Waals surface area contributed by atoms with E-state index in [-0.39, 0.29) is 4.90 Å². The van der Waals surface area contributed by atoms with Crippen LogP contribution in [-0.2, 0) is 19.2 Å². The van der Waals surface area contributed by atoms with Crippen molar-refractivity contribution in [1.82, 2.24) is 5.48 Å². The molecule has 0 heterocycles. The molecule has 0 atom stereocenters. The standard InChI is InChI=1S/C11H15NO4S/c1-7-5-6-11(9(3)8(7)2)17(14,15)16-12-10(4)13/h5-6H,1-4H3,(H,12,13). The first kappa shape index (κ1) is 13.7. The zero-order valence-corrected chi connectivity index (χ0v) is 11.0. The van der Waals surface area contributed by atoms with Crippen molar-refractivity contribution in [3.8, 4) is 0 Å². The van der Waals surface area contributed by atoms with Gasteiger partial charge < -0.3 is 0 Å². The molecule has 0 spiro atoms. The Kier molecular flexibility index (Phi) is 3.90. The molecule has 0 radical (unpaired) electrons. The fourth-order valence-electron chi connectivity index (χ4n) is 1.36. The van der Waals surface area contributed by atoms with Crippen molar-refractivity contribution in [2.24, 2.45) is 0 Å². The van der Waals surface area contributed by atoms with Crippen LogP contribution in [0.3, 0.4) is 0 Å². The van der Waals surface area contributed by atoms with Crippen LogP contribution in [0.2, 0.25) is 0 Å². The minimum Gasteiger partial charge on any atom is -0.273 e. The average molecular weight is 257 g/mol. The van der Waals surface area contributed by atoms with Crippen LogP contribution in [0.4, 0.5) is 0 Å². The first-order valence-corrected chi connectivity index (χ1v) is 6.43. The van der Waals surface area contributed by atoms with Crippen molar-refractivity contribution >= 4 is 16.0 Å². The lowest BCUT2D eigenvalue weighted by Crippen LogP contribution is -2.25. The number of nitrogens with one attached hydrogen (secondary N) is 1. The summed E-state index contributed by atoms with van der Waals surface area (Å²) in [4.78, 5) is 10.7. The molecule has 0 saturated heterocycles. The van der Waals surface area contributed by atoms with Gasteiger partial charge in [-0.15, -0.1) is 4.28 Å². The molecule has 0 aliphatic rings. The predicted octanol–water partition coefficient (Wildman–Crippen LogP) is 1.37. The van der Waals surface area contributed by atoms with Crippen molar-refractivity contribution in [3.63, 3.8) is 0 Å². The number of hydroxylamine groups is 1. The van der Waals surface area contributed by atoms with Gasteiger partial charge in [-0.25, -0.2) is 5.48 Å². The summed E-state index contributed by atoms with van der Waals surface area (Å²) in [5.41, 5.74) is 4.33. The molecule has 0 fully saturated rings. The third-order valence-electron chi connectivity index (χ3n) is 2.57. The largest absolute Gasteiger partial charge is 0.317 e. The van der Waals surface area contributed by atoms with Gasteiger partial charge in [-0.05, 0) is 43.5 Å². The second-order valence-electron chi connectivity index (χ2n) is 3.83. The van der Waals surface area contributed by atoms with E-state index in [0.29, 0.717) is 5.56 Å². The number of amides is 1. The molecule has 94 valence electrons. The SMILES string of the molecule is CC(=O)NOS(=O)(=O)c1ccc(C)c(C)c1C. The monoisotopic (exact) mass is 257 g/mol. The van der Waals surface area contributed by atoms with Gasteiger partial charge in [0.05, 0.1) is 4.90 Å². The highest BCUT2D eigenvalue weighted by Gasteiger charge is 2.20. The number of rotatable bonds is 3. The topological polar surface area (TPSA) is 72.5 Å². The van der Waals surface area contributed by atoms with Crippen LogP contribution >= 0.6 is 0 Å². The summed E-state index contributed by atoms with van der Waals surface area (Å²) >= 11 is 0. The molecule has 1 rings (SSSR count). The highest BCUT2D eigenvalue weighted by atomic mass is 32.2. The van der Waals surface area contributed by atoms with Gasteiger partial charge in [0.15, 0.2) is 0 Å². The Morgan fingerprint density at radius 3 is 2.29 bits per heavy atom. The Balaban J connectivity index is 3.16. The lowest BCUT2D eigenvalue weighted by Gasteiger charge is -2.11. The molecular weight excluding hydrogens is 242 g/mol. The van der Waals surface area contributed by atoms with Gasteiger partial charge in [-0.2, -0.15) is 8.42 Å². The second kappa shape index (κ2) is 4.85. The summed E-state index contributed by atoms with van der Waals surface area (Å²) in [6.45, 7) is 6.60. The Labute approximate surface area is 101 Å². The van der Waals surface area contributed by atoms with E-state index in [1.54, 1.807) is 13.0 Å². The van der Waals surface area contributed by atoms with Crippen molar-refractivity contribution in [2.45, 2.75) is 32.6 Å². The molecule has 1 aromatic rings. The van der Waals surface area contributed by atoms with E-state index in [9.17, 15) is 13.2 Å². The first-order valence-electron chi connectivity index (χ1n) is 5.02. The summed E-state index contributed by atoms with van der Waals surface area (Å²) in [5.74, 6) is -0.574. The number of hydrogen-bond donors (Lipinski definition) is 1. The van der Waals surface area contributed by atoms with Crippen LogP contribution < -0.4 is 5.48 Å². The molecule has 0 aromatic heterocycles. The van der Waals surface area contributed by atoms with Gasteiger partial charge in [-0.1, -0.05) is 6.07 Å². The number of carbonyl (C=O) groups excluding carboxylic acids is 1. The van der Waals surface area contributed by atoms with Gasteiger partial charge in [0, 0.05) is 6.92 Å². The normalized spacial score (nSPS) is 11.3. The second-order valence-corrected chi connectivity index (χ2v) is 5.34. The molecule has 0 aliphatic heterocycles. The zero-order chi connectivity index (χ0) is 13.2. The number of carbonyl (C=O) groups is 1. The minimum atomic E-state index is -3.96. The highest BCUT2D eigenvalue weighted by molar-refractivity contribution is 7.86. The zero-order valence-electron chi connectivity index (χ0n) is 10.2. The van der Waals surface area contributed by atoms with Crippen molar-refractivity contribution in [2.75, 3.05) is 0 Å². The Bertz CT molecular complexity index is 549. The maximum atomic E-state index is 11.8. The van der Waals surface area contributed by atoms with Crippen molar-refractivity contribution in [3.05, 3.63) is 28.8 Å². The van der Waals surface area contributed by atoms with Gasteiger partial charge in [0.25, 0.3) is 0 Å². The smallest absolute Gasteiger partial charge is 0.273 e. The maximum Gasteiger partial charge on any atom is 0.317 e. The molecule has 6 heteroatoms. The summed E-state index contributed by atoms with van der Waals surface area (Å²) in [6, 6.07) is 3.17. The van der Waals surface area contributed by atoms with Crippen molar-refractivity contribution in [1.29, 1.82) is 0 Å². The van der Waals surface area contributed by atoms with E-state index in [1.807, 2.05) is 19.3 Å². The molecular formula is C11H15NO4S. The molecule has 5 nitrogen and oxygen atoms in total. The van der Waals surface area contributed by atoms with E-state index in [1.165, 1.54) is 13.0 Å². The summed E-state index contributed by atoms with van der Waals surface area (Å²) in [5, 5.41) is 0. The van der Waals surface area contributed by atoms with Gasteiger partial charge in [0.1, 0.15) is 0 Å². The third kappa shape index (κ3) is 3.04. The lowest BCUT2D eigenvalue weighted by atomic mass is 10.1. The lowest BCUT2D eigenvalue weighted by molar-refractivity contribution is -0.125. The van der Waals surface area contributed by atoms with E-state index in [0.717, 1.165) is 11.1 Å². The van der Waals surface area contributed by atoms with Crippen LogP contribution in [-0.4, -0.2) is 14.3 Å². The van der Waals surface area contributed by atoms with E-state index >= 15 is 0 Å². The van der Waals surface area contributed by atoms with E-state index in [2.05, 4.69) is 4.28 Å². The molecule has 0 bridgehead atoms. The summed E-state index contributed by atoms with van der Waals surface area (Å²) < 4.78 is 28.0. The quantitative estimate of drug-likeness (QED) is 0.830. The number of hydrogen-bond acceptors (Lipinski definition) is 4. The van der Waals surface area contributed by atoms with Crippen molar-refractivity contribution < 1.29 is 17.5 Å². The molecule has 0 aliphatic carbocycles. The number of benzene rings is 1. The van der Waals surface area contributed by atoms with E-state index in [4.69, 9.17) is 0 Å². The fraction of sp³-hybridized carbons (Fsp3) is 0.364. The first-order chi connectivity index (χ1) is 7.75. The van der Waals surface area contributed by atoms with Crippen LogP contribution in [0.1, 0.15) is 23.6 Å². The summed E-state index contributed by atoms with van der Waals surface area (Å²) in [6.07, 6.45) is 0. The maximum absolute atomic E-state index is 11.8. The van der Waals surface area contributed by atoms with Crippen LogP contribution in [0.15, 0.2) is 17.0 Å². The minimum absolute atomic E-state index is 0.0642. The molecule has 1 aromatic carbocycles. The Hall–Kier alpha value is -1.40. The molecule has 0 saturated carbocycles. The Morgan fingerprint density at radius 1 is 1.18 bits per heavy atom. The highest BCUT2D eigenvalue weighted by Crippen LogP contribution is 2.22. The van der Waals surface area contributed by atoms with Gasteiger partial charge in [-0.3, -0.25) is 4.79 Å². The van der Waals surface area contributed by atoms with Gasteiger partial charge in [0.2, 0.25) is 5.91 Å². The van der Waals surface area contributed by atoms with Crippen LogP contribution in [0.25, 0.3) is 0 Å².